The van der Waals surface area contributed by atoms with E-state index in [-0.39, 0.29) is 12.2 Å². The van der Waals surface area contributed by atoms with E-state index >= 15 is 0 Å². The Kier molecular flexibility index (Phi) is 6.34. The van der Waals surface area contributed by atoms with E-state index in [0.717, 1.165) is 0 Å². The average Bonchev–Trinajstić information content (AvgIpc) is 2.76. The van der Waals surface area contributed by atoms with E-state index in [1.807, 2.05) is 0 Å². The Bertz CT molecular complexity index is 1340. The molecule has 0 bridgehead atoms. The number of benzene rings is 3. The van der Waals surface area contributed by atoms with E-state index in [1.165, 1.54) is 41.1 Å². The Morgan fingerprint density at radius 3 is 2.28 bits per heavy atom. The zero-order valence-corrected chi connectivity index (χ0v) is 17.6. The summed E-state index contributed by atoms with van der Waals surface area (Å²) in [6.07, 6.45) is 1.70. The molecule has 32 heavy (non-hydrogen) atoms. The smallest absolute Gasteiger partial charge is 0.275 e. The summed E-state index contributed by atoms with van der Waals surface area (Å²) in [4.78, 5) is 13.4. The van der Waals surface area contributed by atoms with Crippen molar-refractivity contribution >= 4 is 11.1 Å². The molecule has 0 saturated heterocycles. The third-order valence-electron chi connectivity index (χ3n) is 4.97. The fourth-order valence-corrected chi connectivity index (χ4v) is 3.93. The molecule has 1 unspecified atom stereocenters. The third-order valence-corrected chi connectivity index (χ3v) is 5.55. The van der Waals surface area contributed by atoms with Gasteiger partial charge in [-0.3, -0.25) is 4.79 Å². The third kappa shape index (κ3) is 4.87. The quantitative estimate of drug-likeness (QED) is 0.438. The van der Waals surface area contributed by atoms with Crippen molar-refractivity contribution in [2.75, 3.05) is 0 Å². The first-order valence-electron chi connectivity index (χ1n) is 9.69. The van der Waals surface area contributed by atoms with Gasteiger partial charge in [0.1, 0.15) is 11.6 Å². The van der Waals surface area contributed by atoms with Gasteiger partial charge in [-0.1, -0.05) is 36.4 Å². The highest BCUT2D eigenvalue weighted by molar-refractivity contribution is 7.78. The summed E-state index contributed by atoms with van der Waals surface area (Å²) >= 11 is -1.96. The van der Waals surface area contributed by atoms with E-state index in [9.17, 15) is 17.8 Å². The first-order valence-corrected chi connectivity index (χ1v) is 11.0. The minimum Gasteiger partial charge on any atom is -0.306 e. The molecule has 0 saturated carbocycles. The maximum absolute atomic E-state index is 13.7. The molecule has 0 aliphatic rings. The van der Waals surface area contributed by atoms with E-state index in [1.54, 1.807) is 42.6 Å². The van der Waals surface area contributed by atoms with Crippen molar-refractivity contribution < 1.29 is 17.5 Å². The summed E-state index contributed by atoms with van der Waals surface area (Å²) < 4.78 is 48.4. The molecule has 1 N–H and O–H groups in total. The molecule has 162 valence electrons. The van der Waals surface area contributed by atoms with E-state index in [4.69, 9.17) is 4.55 Å². The van der Waals surface area contributed by atoms with E-state index in [2.05, 4.69) is 5.10 Å². The lowest BCUT2D eigenvalue weighted by atomic mass is 9.97. The number of aromatic nitrogens is 2. The van der Waals surface area contributed by atoms with Crippen LogP contribution in [0.15, 0.2) is 83.8 Å². The Balaban J connectivity index is 1.83. The largest absolute Gasteiger partial charge is 0.306 e. The summed E-state index contributed by atoms with van der Waals surface area (Å²) in [6.45, 7) is 0. The molecule has 3 aromatic carbocycles. The lowest BCUT2D eigenvalue weighted by Crippen LogP contribution is -2.25. The van der Waals surface area contributed by atoms with Gasteiger partial charge in [-0.25, -0.2) is 13.0 Å². The molecular weight excluding hydrogens is 434 g/mol. The molecule has 0 spiro atoms. The van der Waals surface area contributed by atoms with Gasteiger partial charge in [0.25, 0.3) is 5.56 Å². The maximum atomic E-state index is 13.7. The van der Waals surface area contributed by atoms with Crippen LogP contribution in [0.5, 0.6) is 0 Å². The van der Waals surface area contributed by atoms with Crippen LogP contribution in [0, 0.1) is 11.6 Å². The SMILES string of the molecule is O=c1c(Cc2cccc(F)c2)c(-c2ccc(CS(=O)O)cc2)cnn1-c1ccc(F)cc1. The lowest BCUT2D eigenvalue weighted by Gasteiger charge is -2.13. The summed E-state index contributed by atoms with van der Waals surface area (Å²) in [7, 11) is 0. The molecule has 1 heterocycles. The van der Waals surface area contributed by atoms with Crippen LogP contribution in [0.1, 0.15) is 16.7 Å². The molecular formula is C24H18F2N2O3S. The Morgan fingerprint density at radius 2 is 1.62 bits per heavy atom. The van der Waals surface area contributed by atoms with Gasteiger partial charge in [0.05, 0.1) is 17.6 Å². The first kappa shape index (κ1) is 21.7. The van der Waals surface area contributed by atoms with Crippen LogP contribution in [0.25, 0.3) is 16.8 Å². The van der Waals surface area contributed by atoms with Crippen LogP contribution in [0.3, 0.4) is 0 Å². The van der Waals surface area contributed by atoms with Gasteiger partial charge in [0.2, 0.25) is 0 Å². The average molecular weight is 452 g/mol. The van der Waals surface area contributed by atoms with Crippen LogP contribution in [0.4, 0.5) is 8.78 Å². The van der Waals surface area contributed by atoms with Gasteiger partial charge in [-0.05, 0) is 53.1 Å². The van der Waals surface area contributed by atoms with Gasteiger partial charge in [0, 0.05) is 17.5 Å². The second-order valence-corrected chi connectivity index (χ2v) is 8.13. The molecule has 1 atom stereocenters. The molecule has 0 radical (unpaired) electrons. The van der Waals surface area contributed by atoms with Crippen LogP contribution in [0.2, 0.25) is 0 Å². The number of hydrogen-bond donors (Lipinski definition) is 1. The fraction of sp³-hybridized carbons (Fsp3) is 0.0833. The molecule has 8 heteroatoms. The van der Waals surface area contributed by atoms with E-state index in [0.29, 0.717) is 33.5 Å². The molecule has 4 aromatic rings. The number of nitrogens with zero attached hydrogens (tertiary/aromatic N) is 2. The molecule has 1 aromatic heterocycles. The van der Waals surface area contributed by atoms with Crippen molar-refractivity contribution in [1.29, 1.82) is 0 Å². The minimum atomic E-state index is -1.96. The summed E-state index contributed by atoms with van der Waals surface area (Å²) in [5, 5.41) is 4.26. The first-order chi connectivity index (χ1) is 15.4. The molecule has 0 amide bonds. The fourth-order valence-electron chi connectivity index (χ4n) is 3.45. The van der Waals surface area contributed by atoms with Crippen molar-refractivity contribution in [3.63, 3.8) is 0 Å². The van der Waals surface area contributed by atoms with Crippen molar-refractivity contribution in [2.45, 2.75) is 12.2 Å². The highest BCUT2D eigenvalue weighted by Gasteiger charge is 2.15. The molecule has 0 aliphatic heterocycles. The van der Waals surface area contributed by atoms with Crippen molar-refractivity contribution in [3.8, 4) is 16.8 Å². The van der Waals surface area contributed by atoms with Crippen LogP contribution < -0.4 is 5.56 Å². The monoisotopic (exact) mass is 452 g/mol. The lowest BCUT2D eigenvalue weighted by molar-refractivity contribution is 0.563. The van der Waals surface area contributed by atoms with E-state index < -0.39 is 28.3 Å². The Labute approximate surface area is 185 Å². The molecule has 0 aliphatic carbocycles. The van der Waals surface area contributed by atoms with Gasteiger partial charge in [-0.15, -0.1) is 0 Å². The molecule has 5 nitrogen and oxygen atoms in total. The second kappa shape index (κ2) is 9.33. The predicted molar refractivity (Wildman–Crippen MR) is 119 cm³/mol. The van der Waals surface area contributed by atoms with Gasteiger partial charge in [-0.2, -0.15) is 9.78 Å². The van der Waals surface area contributed by atoms with Crippen LogP contribution in [-0.4, -0.2) is 18.5 Å². The molecule has 4 rings (SSSR count). The number of halogens is 2. The highest BCUT2D eigenvalue weighted by atomic mass is 32.2. The summed E-state index contributed by atoms with van der Waals surface area (Å²) in [5.41, 5.74) is 2.95. The topological polar surface area (TPSA) is 72.2 Å². The predicted octanol–water partition coefficient (Wildman–Crippen LogP) is 4.49. The zero-order chi connectivity index (χ0) is 22.7. The van der Waals surface area contributed by atoms with Crippen molar-refractivity contribution in [2.24, 2.45) is 0 Å². The molecule has 0 fully saturated rings. The van der Waals surface area contributed by atoms with Crippen molar-refractivity contribution in [3.05, 3.63) is 118 Å². The normalized spacial score (nSPS) is 12.0. The zero-order valence-electron chi connectivity index (χ0n) is 16.7. The van der Waals surface area contributed by atoms with Crippen molar-refractivity contribution in [1.82, 2.24) is 9.78 Å². The maximum Gasteiger partial charge on any atom is 0.275 e. The number of rotatable bonds is 6. The van der Waals surface area contributed by atoms with Gasteiger partial charge < -0.3 is 4.55 Å². The standard InChI is InChI=1S/C24H18F2N2O3S/c25-19-8-10-21(11-9-19)28-24(29)22(13-17-2-1-3-20(26)12-17)23(14-27-28)18-6-4-16(5-7-18)15-32(30)31/h1-12,14H,13,15H2,(H,30,31). The number of hydrogen-bond acceptors (Lipinski definition) is 3. The van der Waals surface area contributed by atoms with Crippen LogP contribution in [-0.2, 0) is 23.3 Å². The van der Waals surface area contributed by atoms with Gasteiger partial charge in [0.15, 0.2) is 11.1 Å². The Hall–Kier alpha value is -3.49. The Morgan fingerprint density at radius 1 is 0.906 bits per heavy atom. The summed E-state index contributed by atoms with van der Waals surface area (Å²) in [5.74, 6) is -0.832. The van der Waals surface area contributed by atoms with Gasteiger partial charge >= 0.3 is 0 Å². The summed E-state index contributed by atoms with van der Waals surface area (Å²) in [6, 6.07) is 18.3. The highest BCUT2D eigenvalue weighted by Crippen LogP contribution is 2.24. The van der Waals surface area contributed by atoms with Crippen LogP contribution >= 0.6 is 0 Å². The second-order valence-electron chi connectivity index (χ2n) is 7.20. The minimum absolute atomic E-state index is 0.000835.